The third kappa shape index (κ3) is 2.95. The van der Waals surface area contributed by atoms with E-state index in [4.69, 9.17) is 9.72 Å². The standard InChI is InChI=1S/C22H21N3O2/c1-22(2,3)15-9-7-14(8-10-15)20-18-6-5-11-25(18)19-13-23-17(21(26)27-4)12-16(19)24-20/h5-13H,1-4H3. The Hall–Kier alpha value is -3.21. The number of methoxy groups -OCH3 is 1. The first-order chi connectivity index (χ1) is 12.9. The van der Waals surface area contributed by atoms with Crippen molar-refractivity contribution in [2.24, 2.45) is 0 Å². The highest BCUT2D eigenvalue weighted by molar-refractivity contribution is 5.93. The van der Waals surface area contributed by atoms with Gasteiger partial charge in [-0.05, 0) is 29.2 Å². The Morgan fingerprint density at radius 1 is 1.07 bits per heavy atom. The molecule has 27 heavy (non-hydrogen) atoms. The van der Waals surface area contributed by atoms with Crippen LogP contribution in [0.4, 0.5) is 0 Å². The fourth-order valence-electron chi connectivity index (χ4n) is 3.23. The average molecular weight is 359 g/mol. The molecule has 136 valence electrons. The first-order valence-corrected chi connectivity index (χ1v) is 8.84. The van der Waals surface area contributed by atoms with Crippen LogP contribution in [0.3, 0.4) is 0 Å². The zero-order chi connectivity index (χ0) is 19.2. The molecule has 0 unspecified atom stereocenters. The Bertz CT molecular complexity index is 1150. The lowest BCUT2D eigenvalue weighted by Gasteiger charge is -2.19. The quantitative estimate of drug-likeness (QED) is 0.490. The predicted molar refractivity (Wildman–Crippen MR) is 106 cm³/mol. The highest BCUT2D eigenvalue weighted by Crippen LogP contribution is 2.29. The van der Waals surface area contributed by atoms with Crippen molar-refractivity contribution in [3.8, 4) is 11.3 Å². The van der Waals surface area contributed by atoms with Gasteiger partial charge >= 0.3 is 5.97 Å². The molecule has 5 heteroatoms. The van der Waals surface area contributed by atoms with Crippen molar-refractivity contribution in [3.63, 3.8) is 0 Å². The summed E-state index contributed by atoms with van der Waals surface area (Å²) in [4.78, 5) is 20.9. The van der Waals surface area contributed by atoms with Gasteiger partial charge in [-0.3, -0.25) is 0 Å². The average Bonchev–Trinajstić information content (AvgIpc) is 3.15. The molecule has 0 spiro atoms. The molecule has 0 fully saturated rings. The van der Waals surface area contributed by atoms with Crippen molar-refractivity contribution in [1.29, 1.82) is 0 Å². The second-order valence-corrected chi connectivity index (χ2v) is 7.60. The van der Waals surface area contributed by atoms with E-state index in [1.807, 2.05) is 22.7 Å². The summed E-state index contributed by atoms with van der Waals surface area (Å²) in [5.41, 5.74) is 6.06. The topological polar surface area (TPSA) is 56.5 Å². The number of hydrogen-bond acceptors (Lipinski definition) is 4. The van der Waals surface area contributed by atoms with Crippen molar-refractivity contribution < 1.29 is 9.53 Å². The number of esters is 1. The summed E-state index contributed by atoms with van der Waals surface area (Å²) in [6, 6.07) is 14.2. The first kappa shape index (κ1) is 17.2. The van der Waals surface area contributed by atoms with Crippen molar-refractivity contribution >= 4 is 22.5 Å². The summed E-state index contributed by atoms with van der Waals surface area (Å²) in [7, 11) is 1.35. The van der Waals surface area contributed by atoms with E-state index in [-0.39, 0.29) is 11.1 Å². The zero-order valence-electron chi connectivity index (χ0n) is 15.9. The third-order valence-electron chi connectivity index (χ3n) is 4.76. The molecule has 0 N–H and O–H groups in total. The molecule has 0 aliphatic heterocycles. The second kappa shape index (κ2) is 6.20. The van der Waals surface area contributed by atoms with Crippen LogP contribution in [0.15, 0.2) is 54.9 Å². The number of carbonyl (C=O) groups excluding carboxylic acids is 1. The molecular formula is C22H21N3O2. The van der Waals surface area contributed by atoms with Crippen LogP contribution in [0, 0.1) is 0 Å². The minimum absolute atomic E-state index is 0.0980. The summed E-state index contributed by atoms with van der Waals surface area (Å²) >= 11 is 0. The number of pyridine rings is 1. The minimum atomic E-state index is -0.470. The van der Waals surface area contributed by atoms with Gasteiger partial charge in [-0.1, -0.05) is 45.0 Å². The summed E-state index contributed by atoms with van der Waals surface area (Å²) in [5, 5.41) is 0. The number of aromatic nitrogens is 3. The Labute approximate surface area is 157 Å². The Kier molecular flexibility index (Phi) is 3.95. The first-order valence-electron chi connectivity index (χ1n) is 8.84. The second-order valence-electron chi connectivity index (χ2n) is 7.60. The molecule has 0 radical (unpaired) electrons. The summed E-state index contributed by atoms with van der Waals surface area (Å²) in [5.74, 6) is -0.470. The van der Waals surface area contributed by atoms with Crippen molar-refractivity contribution in [2.75, 3.05) is 7.11 Å². The van der Waals surface area contributed by atoms with Gasteiger partial charge in [-0.2, -0.15) is 0 Å². The smallest absolute Gasteiger partial charge is 0.356 e. The maximum absolute atomic E-state index is 11.8. The fraction of sp³-hybridized carbons (Fsp3) is 0.227. The van der Waals surface area contributed by atoms with Crippen LogP contribution in [-0.2, 0) is 10.2 Å². The van der Waals surface area contributed by atoms with Crippen molar-refractivity contribution in [2.45, 2.75) is 26.2 Å². The van der Waals surface area contributed by atoms with Gasteiger partial charge in [0.05, 0.1) is 35.6 Å². The van der Waals surface area contributed by atoms with Gasteiger partial charge in [-0.15, -0.1) is 0 Å². The predicted octanol–water partition coefficient (Wildman–Crippen LogP) is 4.63. The van der Waals surface area contributed by atoms with Gasteiger partial charge in [0.25, 0.3) is 0 Å². The van der Waals surface area contributed by atoms with E-state index in [1.54, 1.807) is 12.3 Å². The van der Waals surface area contributed by atoms with Gasteiger partial charge in [0.2, 0.25) is 0 Å². The lowest BCUT2D eigenvalue weighted by molar-refractivity contribution is 0.0594. The molecular weight excluding hydrogens is 338 g/mol. The number of nitrogens with zero attached hydrogens (tertiary/aromatic N) is 3. The highest BCUT2D eigenvalue weighted by Gasteiger charge is 2.16. The van der Waals surface area contributed by atoms with E-state index in [2.05, 4.69) is 50.0 Å². The SMILES string of the molecule is COC(=O)c1cc2nc(-c3ccc(C(C)(C)C)cc3)c3cccn3c2cn1. The molecule has 5 nitrogen and oxygen atoms in total. The molecule has 0 aliphatic rings. The molecule has 0 amide bonds. The number of rotatable bonds is 2. The molecule has 0 bridgehead atoms. The molecule has 0 atom stereocenters. The third-order valence-corrected chi connectivity index (χ3v) is 4.76. The maximum atomic E-state index is 11.8. The van der Waals surface area contributed by atoms with Crippen LogP contribution in [0.2, 0.25) is 0 Å². The molecule has 3 heterocycles. The van der Waals surface area contributed by atoms with E-state index in [1.165, 1.54) is 12.7 Å². The van der Waals surface area contributed by atoms with Crippen LogP contribution in [0.1, 0.15) is 36.8 Å². The molecule has 4 rings (SSSR count). The molecule has 3 aromatic heterocycles. The van der Waals surface area contributed by atoms with Crippen LogP contribution in [0.25, 0.3) is 27.8 Å². The molecule has 0 saturated heterocycles. The zero-order valence-corrected chi connectivity index (χ0v) is 15.9. The molecule has 1 aromatic carbocycles. The Morgan fingerprint density at radius 3 is 2.48 bits per heavy atom. The number of carbonyl (C=O) groups is 1. The number of benzene rings is 1. The van der Waals surface area contributed by atoms with E-state index in [0.717, 1.165) is 22.3 Å². The normalized spacial score (nSPS) is 11.9. The van der Waals surface area contributed by atoms with Crippen molar-refractivity contribution in [3.05, 3.63) is 66.1 Å². The van der Waals surface area contributed by atoms with Gasteiger partial charge in [-0.25, -0.2) is 14.8 Å². The van der Waals surface area contributed by atoms with Gasteiger partial charge < -0.3 is 9.14 Å². The summed E-state index contributed by atoms with van der Waals surface area (Å²) in [6.45, 7) is 6.59. The van der Waals surface area contributed by atoms with Gasteiger partial charge in [0, 0.05) is 11.8 Å². The number of hydrogen-bond donors (Lipinski definition) is 0. The van der Waals surface area contributed by atoms with E-state index in [9.17, 15) is 4.79 Å². The lowest BCUT2D eigenvalue weighted by atomic mass is 9.86. The van der Waals surface area contributed by atoms with Crippen LogP contribution in [0.5, 0.6) is 0 Å². The molecule has 0 aliphatic carbocycles. The summed E-state index contributed by atoms with van der Waals surface area (Å²) in [6.07, 6.45) is 3.64. The van der Waals surface area contributed by atoms with E-state index in [0.29, 0.717) is 5.52 Å². The highest BCUT2D eigenvalue weighted by atomic mass is 16.5. The van der Waals surface area contributed by atoms with E-state index >= 15 is 0 Å². The summed E-state index contributed by atoms with van der Waals surface area (Å²) < 4.78 is 6.83. The van der Waals surface area contributed by atoms with Gasteiger partial charge in [0.15, 0.2) is 5.69 Å². The largest absolute Gasteiger partial charge is 0.464 e. The molecule has 4 aromatic rings. The molecule has 0 saturated carbocycles. The van der Waals surface area contributed by atoms with Crippen LogP contribution >= 0.6 is 0 Å². The number of ether oxygens (including phenoxy) is 1. The fourth-order valence-corrected chi connectivity index (χ4v) is 3.23. The Morgan fingerprint density at radius 2 is 1.81 bits per heavy atom. The van der Waals surface area contributed by atoms with Crippen molar-refractivity contribution in [1.82, 2.24) is 14.4 Å². The van der Waals surface area contributed by atoms with Crippen LogP contribution in [-0.4, -0.2) is 27.4 Å². The lowest BCUT2D eigenvalue weighted by Crippen LogP contribution is -2.10. The van der Waals surface area contributed by atoms with Gasteiger partial charge in [0.1, 0.15) is 0 Å². The number of fused-ring (bicyclic) bond motifs is 3. The Balaban J connectivity index is 1.93. The van der Waals surface area contributed by atoms with Crippen LogP contribution < -0.4 is 0 Å². The monoisotopic (exact) mass is 359 g/mol. The van der Waals surface area contributed by atoms with E-state index < -0.39 is 5.97 Å². The minimum Gasteiger partial charge on any atom is -0.464 e. The maximum Gasteiger partial charge on any atom is 0.356 e.